The normalized spacial score (nSPS) is 13.7. The molecule has 0 saturated heterocycles. The Hall–Kier alpha value is -2.89. The SMILES string of the molecule is CCC(=O)N[C@@H](CC(C)C)C(=O)N[C@H](C(=O)O)C(C)(C)c1cccc2ccccc12. The smallest absolute Gasteiger partial charge is 0.327 e. The Bertz CT molecular complexity index is 915. The molecule has 2 aromatic carbocycles. The molecule has 6 heteroatoms. The summed E-state index contributed by atoms with van der Waals surface area (Å²) >= 11 is 0. The number of aliphatic carboxylic acids is 1. The highest BCUT2D eigenvalue weighted by Gasteiger charge is 2.40. The van der Waals surface area contributed by atoms with Crippen LogP contribution in [0.2, 0.25) is 0 Å². The number of amides is 2. The van der Waals surface area contributed by atoms with Crippen molar-refractivity contribution in [1.82, 2.24) is 10.6 Å². The van der Waals surface area contributed by atoms with Crippen LogP contribution in [0.15, 0.2) is 42.5 Å². The van der Waals surface area contributed by atoms with Crippen LogP contribution in [0.4, 0.5) is 0 Å². The lowest BCUT2D eigenvalue weighted by Crippen LogP contribution is -2.57. The molecule has 0 radical (unpaired) electrons. The first-order valence-corrected chi connectivity index (χ1v) is 10.4. The molecule has 30 heavy (non-hydrogen) atoms. The zero-order valence-corrected chi connectivity index (χ0v) is 18.4. The topological polar surface area (TPSA) is 95.5 Å². The second-order valence-electron chi connectivity index (χ2n) is 8.63. The zero-order chi connectivity index (χ0) is 22.5. The summed E-state index contributed by atoms with van der Waals surface area (Å²) in [5, 5.41) is 17.4. The van der Waals surface area contributed by atoms with E-state index in [9.17, 15) is 19.5 Å². The number of benzene rings is 2. The van der Waals surface area contributed by atoms with Crippen LogP contribution in [-0.2, 0) is 19.8 Å². The second kappa shape index (κ2) is 9.74. The van der Waals surface area contributed by atoms with E-state index in [0.717, 1.165) is 16.3 Å². The van der Waals surface area contributed by atoms with Crippen molar-refractivity contribution in [2.75, 3.05) is 0 Å². The minimum Gasteiger partial charge on any atom is -0.480 e. The van der Waals surface area contributed by atoms with Gasteiger partial charge >= 0.3 is 5.97 Å². The molecule has 0 spiro atoms. The van der Waals surface area contributed by atoms with Crippen LogP contribution < -0.4 is 10.6 Å². The first kappa shape index (κ1) is 23.4. The van der Waals surface area contributed by atoms with Crippen molar-refractivity contribution in [3.05, 3.63) is 48.0 Å². The lowest BCUT2D eigenvalue weighted by Gasteiger charge is -2.34. The summed E-state index contributed by atoms with van der Waals surface area (Å²) in [7, 11) is 0. The maximum atomic E-state index is 13.0. The van der Waals surface area contributed by atoms with Crippen molar-refractivity contribution in [3.63, 3.8) is 0 Å². The van der Waals surface area contributed by atoms with Crippen molar-refractivity contribution in [1.29, 1.82) is 0 Å². The van der Waals surface area contributed by atoms with Gasteiger partial charge in [0.1, 0.15) is 12.1 Å². The molecule has 0 fully saturated rings. The number of carbonyl (C=O) groups excluding carboxylic acids is 2. The van der Waals surface area contributed by atoms with Gasteiger partial charge in [-0.1, -0.05) is 77.1 Å². The van der Waals surface area contributed by atoms with Crippen LogP contribution in [0.3, 0.4) is 0 Å². The van der Waals surface area contributed by atoms with Crippen LogP contribution in [0, 0.1) is 5.92 Å². The monoisotopic (exact) mass is 412 g/mol. The average molecular weight is 413 g/mol. The Labute approximate surface area is 178 Å². The van der Waals surface area contributed by atoms with E-state index in [1.54, 1.807) is 6.92 Å². The number of rotatable bonds is 9. The molecular weight excluding hydrogens is 380 g/mol. The number of carboxylic acids is 1. The minimum absolute atomic E-state index is 0.160. The lowest BCUT2D eigenvalue weighted by molar-refractivity contribution is -0.144. The maximum absolute atomic E-state index is 13.0. The Morgan fingerprint density at radius 1 is 1.00 bits per heavy atom. The molecule has 0 saturated carbocycles. The average Bonchev–Trinajstić information content (AvgIpc) is 2.69. The maximum Gasteiger partial charge on any atom is 0.327 e. The van der Waals surface area contributed by atoms with Crippen LogP contribution in [0.5, 0.6) is 0 Å². The Morgan fingerprint density at radius 3 is 2.23 bits per heavy atom. The van der Waals surface area contributed by atoms with E-state index >= 15 is 0 Å². The van der Waals surface area contributed by atoms with Gasteiger partial charge in [-0.05, 0) is 28.7 Å². The highest BCUT2D eigenvalue weighted by Crippen LogP contribution is 2.33. The van der Waals surface area contributed by atoms with E-state index in [4.69, 9.17) is 0 Å². The number of fused-ring (bicyclic) bond motifs is 1. The van der Waals surface area contributed by atoms with Gasteiger partial charge in [-0.15, -0.1) is 0 Å². The fraction of sp³-hybridized carbons (Fsp3) is 0.458. The van der Waals surface area contributed by atoms with Crippen molar-refractivity contribution >= 4 is 28.6 Å². The van der Waals surface area contributed by atoms with Gasteiger partial charge in [0.15, 0.2) is 0 Å². The summed E-state index contributed by atoms with van der Waals surface area (Å²) in [5.41, 5.74) is -0.0502. The fourth-order valence-corrected chi connectivity index (χ4v) is 3.74. The molecule has 6 nitrogen and oxygen atoms in total. The first-order chi connectivity index (χ1) is 14.1. The molecule has 2 atom stereocenters. The predicted octanol–water partition coefficient (Wildman–Crippen LogP) is 3.63. The standard InChI is InChI=1S/C24H32N2O4/c1-6-20(27)25-19(14-15(2)3)22(28)26-21(23(29)30)24(4,5)18-13-9-11-16-10-7-8-12-17(16)18/h7-13,15,19,21H,6,14H2,1-5H3,(H,25,27)(H,26,28)(H,29,30)/t19-,21+/m0/s1. The molecule has 0 aliphatic heterocycles. The van der Waals surface area contributed by atoms with Crippen molar-refractivity contribution in [2.24, 2.45) is 5.92 Å². The molecule has 2 aromatic rings. The Morgan fingerprint density at radius 2 is 1.63 bits per heavy atom. The number of carbonyl (C=O) groups is 3. The summed E-state index contributed by atoms with van der Waals surface area (Å²) in [4.78, 5) is 37.1. The van der Waals surface area contributed by atoms with Crippen LogP contribution >= 0.6 is 0 Å². The highest BCUT2D eigenvalue weighted by atomic mass is 16.4. The number of hydrogen-bond acceptors (Lipinski definition) is 3. The third-order valence-corrected chi connectivity index (χ3v) is 5.42. The summed E-state index contributed by atoms with van der Waals surface area (Å²) in [6.07, 6.45) is 0.685. The molecule has 0 aliphatic carbocycles. The quantitative estimate of drug-likeness (QED) is 0.586. The molecule has 3 N–H and O–H groups in total. The van der Waals surface area contributed by atoms with E-state index in [-0.39, 0.29) is 18.2 Å². The third-order valence-electron chi connectivity index (χ3n) is 5.42. The summed E-state index contributed by atoms with van der Waals surface area (Å²) in [6, 6.07) is 11.6. The molecule has 0 bridgehead atoms. The predicted molar refractivity (Wildman–Crippen MR) is 118 cm³/mol. The van der Waals surface area contributed by atoms with Crippen LogP contribution in [0.1, 0.15) is 53.0 Å². The fourth-order valence-electron chi connectivity index (χ4n) is 3.74. The Kier molecular flexibility index (Phi) is 7.59. The van der Waals surface area contributed by atoms with Gasteiger partial charge in [0.2, 0.25) is 11.8 Å². The van der Waals surface area contributed by atoms with Gasteiger partial charge < -0.3 is 15.7 Å². The largest absolute Gasteiger partial charge is 0.480 e. The minimum atomic E-state index is -1.16. The zero-order valence-electron chi connectivity index (χ0n) is 18.4. The van der Waals surface area contributed by atoms with Crippen molar-refractivity contribution < 1.29 is 19.5 Å². The summed E-state index contributed by atoms with van der Waals surface area (Å²) in [5.74, 6) is -1.68. The second-order valence-corrected chi connectivity index (χ2v) is 8.63. The third kappa shape index (κ3) is 5.38. The molecular formula is C24H32N2O4. The Balaban J connectivity index is 2.38. The summed E-state index contributed by atoms with van der Waals surface area (Å²) < 4.78 is 0. The molecule has 0 heterocycles. The van der Waals surface area contributed by atoms with Crippen molar-refractivity contribution in [2.45, 2.75) is 65.0 Å². The molecule has 0 aliphatic rings. The van der Waals surface area contributed by atoms with E-state index in [2.05, 4.69) is 10.6 Å². The van der Waals surface area contributed by atoms with E-state index in [1.165, 1.54) is 0 Å². The number of carboxylic acid groups (broad SMARTS) is 1. The van der Waals surface area contributed by atoms with Gasteiger partial charge in [-0.25, -0.2) is 4.79 Å². The first-order valence-electron chi connectivity index (χ1n) is 10.4. The van der Waals surface area contributed by atoms with E-state index in [0.29, 0.717) is 6.42 Å². The van der Waals surface area contributed by atoms with E-state index < -0.39 is 29.4 Å². The van der Waals surface area contributed by atoms with Crippen LogP contribution in [0.25, 0.3) is 10.8 Å². The molecule has 0 unspecified atom stereocenters. The molecule has 2 amide bonds. The molecule has 162 valence electrons. The number of hydrogen-bond donors (Lipinski definition) is 3. The highest BCUT2D eigenvalue weighted by molar-refractivity contribution is 5.92. The van der Waals surface area contributed by atoms with Gasteiger partial charge in [-0.3, -0.25) is 9.59 Å². The molecule has 0 aromatic heterocycles. The number of nitrogens with one attached hydrogen (secondary N) is 2. The van der Waals surface area contributed by atoms with Gasteiger partial charge in [0.05, 0.1) is 0 Å². The van der Waals surface area contributed by atoms with Gasteiger partial charge in [-0.2, -0.15) is 0 Å². The molecule has 2 rings (SSSR count). The van der Waals surface area contributed by atoms with Gasteiger partial charge in [0.25, 0.3) is 0 Å². The van der Waals surface area contributed by atoms with Crippen LogP contribution in [-0.4, -0.2) is 35.0 Å². The summed E-state index contributed by atoms with van der Waals surface area (Å²) in [6.45, 7) is 9.25. The van der Waals surface area contributed by atoms with E-state index in [1.807, 2.05) is 70.2 Å². The van der Waals surface area contributed by atoms with Crippen molar-refractivity contribution in [3.8, 4) is 0 Å². The lowest BCUT2D eigenvalue weighted by atomic mass is 9.75. The van der Waals surface area contributed by atoms with Gasteiger partial charge in [0, 0.05) is 11.8 Å².